The van der Waals surface area contributed by atoms with Crippen LogP contribution >= 0.6 is 11.6 Å². The maximum absolute atomic E-state index is 13.7. The van der Waals surface area contributed by atoms with E-state index in [9.17, 15) is 17.6 Å². The van der Waals surface area contributed by atoms with Crippen molar-refractivity contribution in [3.05, 3.63) is 64.4 Å². The molecular weight excluding hydrogens is 367 g/mol. The van der Waals surface area contributed by atoms with Gasteiger partial charge in [-0.15, -0.1) is 0 Å². The lowest BCUT2D eigenvalue weighted by molar-refractivity contribution is 0.0951. The van der Waals surface area contributed by atoms with Crippen molar-refractivity contribution in [3.63, 3.8) is 0 Å². The van der Waals surface area contributed by atoms with Crippen LogP contribution in [0.1, 0.15) is 15.9 Å². The highest BCUT2D eigenvalue weighted by atomic mass is 35.5. The Hall–Kier alpha value is -2.12. The number of nitrogens with one attached hydrogen (secondary N) is 1. The number of aryl methyl sites for hydroxylation is 1. The fourth-order valence-electron chi connectivity index (χ4n) is 2.27. The molecule has 0 saturated heterocycles. The van der Waals surface area contributed by atoms with Crippen LogP contribution in [0.3, 0.4) is 0 Å². The summed E-state index contributed by atoms with van der Waals surface area (Å²) in [7, 11) is -3.53. The molecule has 134 valence electrons. The van der Waals surface area contributed by atoms with Crippen LogP contribution in [-0.4, -0.2) is 33.7 Å². The van der Waals surface area contributed by atoms with E-state index in [1.165, 1.54) is 16.4 Å². The fraction of sp³-hybridized carbons (Fsp3) is 0.235. The number of carbonyl (C=O) groups excluding carboxylic acids is 1. The number of benzene rings is 2. The Morgan fingerprint density at radius 3 is 2.40 bits per heavy atom. The molecule has 0 atom stereocenters. The zero-order valence-corrected chi connectivity index (χ0v) is 15.4. The number of anilines is 1. The molecule has 5 nitrogen and oxygen atoms in total. The van der Waals surface area contributed by atoms with Crippen molar-refractivity contribution >= 4 is 33.2 Å². The second kappa shape index (κ2) is 7.84. The van der Waals surface area contributed by atoms with Gasteiger partial charge < -0.3 is 5.32 Å². The molecule has 0 bridgehead atoms. The predicted octanol–water partition coefficient (Wildman–Crippen LogP) is 2.98. The summed E-state index contributed by atoms with van der Waals surface area (Å²) < 4.78 is 38.9. The van der Waals surface area contributed by atoms with Crippen molar-refractivity contribution in [2.45, 2.75) is 6.92 Å². The normalized spacial score (nSPS) is 11.2. The summed E-state index contributed by atoms with van der Waals surface area (Å²) in [5, 5.41) is 2.49. The highest BCUT2D eigenvalue weighted by Gasteiger charge is 2.19. The third-order valence-corrected chi connectivity index (χ3v) is 5.02. The van der Waals surface area contributed by atoms with Crippen molar-refractivity contribution in [1.29, 1.82) is 0 Å². The molecule has 25 heavy (non-hydrogen) atoms. The van der Waals surface area contributed by atoms with Crippen molar-refractivity contribution in [2.24, 2.45) is 0 Å². The molecule has 0 aliphatic heterocycles. The molecule has 2 aromatic carbocycles. The van der Waals surface area contributed by atoms with Crippen molar-refractivity contribution in [3.8, 4) is 0 Å². The summed E-state index contributed by atoms with van der Waals surface area (Å²) in [5.74, 6) is -1.43. The van der Waals surface area contributed by atoms with Gasteiger partial charge in [-0.05, 0) is 31.2 Å². The van der Waals surface area contributed by atoms with Crippen LogP contribution in [0, 0.1) is 12.7 Å². The molecule has 2 aromatic rings. The van der Waals surface area contributed by atoms with E-state index in [4.69, 9.17) is 11.6 Å². The smallest absolute Gasteiger partial charge is 0.255 e. The van der Waals surface area contributed by atoms with E-state index in [-0.39, 0.29) is 23.7 Å². The SMILES string of the molecule is Cc1ccc(N(CCNC(=O)c2c(F)cccc2Cl)S(C)(=O)=O)cc1. The molecule has 8 heteroatoms. The van der Waals surface area contributed by atoms with Gasteiger partial charge in [-0.2, -0.15) is 0 Å². The number of hydrogen-bond acceptors (Lipinski definition) is 3. The molecule has 0 unspecified atom stereocenters. The molecule has 1 N–H and O–H groups in total. The van der Waals surface area contributed by atoms with Crippen LogP contribution in [0.5, 0.6) is 0 Å². The second-order valence-electron chi connectivity index (χ2n) is 5.52. The zero-order chi connectivity index (χ0) is 18.6. The molecule has 0 heterocycles. The lowest BCUT2D eigenvalue weighted by atomic mass is 10.2. The minimum atomic E-state index is -3.53. The third kappa shape index (κ3) is 4.93. The average Bonchev–Trinajstić information content (AvgIpc) is 2.51. The van der Waals surface area contributed by atoms with E-state index in [1.54, 1.807) is 24.3 Å². The highest BCUT2D eigenvalue weighted by Crippen LogP contribution is 2.19. The Morgan fingerprint density at radius 1 is 1.20 bits per heavy atom. The molecule has 0 aliphatic rings. The highest BCUT2D eigenvalue weighted by molar-refractivity contribution is 7.92. The number of hydrogen-bond donors (Lipinski definition) is 1. The summed E-state index contributed by atoms with van der Waals surface area (Å²) in [6, 6.07) is 10.9. The zero-order valence-electron chi connectivity index (χ0n) is 13.8. The van der Waals surface area contributed by atoms with Gasteiger partial charge in [-0.1, -0.05) is 35.4 Å². The lowest BCUT2D eigenvalue weighted by Gasteiger charge is -2.22. The Kier molecular flexibility index (Phi) is 6.02. The molecule has 0 radical (unpaired) electrons. The second-order valence-corrected chi connectivity index (χ2v) is 7.84. The summed E-state index contributed by atoms with van der Waals surface area (Å²) in [6.45, 7) is 1.91. The quantitative estimate of drug-likeness (QED) is 0.832. The van der Waals surface area contributed by atoms with Crippen LogP contribution in [0.15, 0.2) is 42.5 Å². The van der Waals surface area contributed by atoms with Gasteiger partial charge >= 0.3 is 0 Å². The first-order valence-electron chi connectivity index (χ1n) is 7.47. The molecule has 1 amide bonds. The summed E-state index contributed by atoms with van der Waals surface area (Å²) >= 11 is 5.84. The van der Waals surface area contributed by atoms with Gasteiger partial charge in [0.15, 0.2) is 0 Å². The first-order chi connectivity index (χ1) is 11.7. The molecular formula is C17H18ClFN2O3S. The minimum Gasteiger partial charge on any atom is -0.350 e. The number of nitrogens with zero attached hydrogens (tertiary/aromatic N) is 1. The number of carbonyl (C=O) groups is 1. The van der Waals surface area contributed by atoms with E-state index in [0.717, 1.165) is 17.9 Å². The minimum absolute atomic E-state index is 0.00370. The van der Waals surface area contributed by atoms with Crippen LogP contribution in [0.25, 0.3) is 0 Å². The van der Waals surface area contributed by atoms with Gasteiger partial charge in [0.1, 0.15) is 5.82 Å². The molecule has 0 aliphatic carbocycles. The number of sulfonamides is 1. The summed E-state index contributed by atoms with van der Waals surface area (Å²) in [6.07, 6.45) is 1.09. The number of amides is 1. The van der Waals surface area contributed by atoms with Crippen LogP contribution in [-0.2, 0) is 10.0 Å². The van der Waals surface area contributed by atoms with E-state index < -0.39 is 21.7 Å². The third-order valence-electron chi connectivity index (χ3n) is 3.51. The van der Waals surface area contributed by atoms with Crippen molar-refractivity contribution in [2.75, 3.05) is 23.7 Å². The monoisotopic (exact) mass is 384 g/mol. The molecule has 0 fully saturated rings. The first kappa shape index (κ1) is 19.2. The maximum Gasteiger partial charge on any atom is 0.255 e. The average molecular weight is 385 g/mol. The topological polar surface area (TPSA) is 66.5 Å². The predicted molar refractivity (Wildman–Crippen MR) is 97.1 cm³/mol. The standard InChI is InChI=1S/C17H18ClFN2O3S/c1-12-6-8-13(9-7-12)21(25(2,23)24)11-10-20-17(22)16-14(18)4-3-5-15(16)19/h3-9H,10-11H2,1-2H3,(H,20,22). The van der Waals surface area contributed by atoms with Crippen LogP contribution in [0.4, 0.5) is 10.1 Å². The van der Waals surface area contributed by atoms with Gasteiger partial charge in [-0.3, -0.25) is 9.10 Å². The van der Waals surface area contributed by atoms with Crippen LogP contribution < -0.4 is 9.62 Å². The van der Waals surface area contributed by atoms with E-state index in [0.29, 0.717) is 5.69 Å². The van der Waals surface area contributed by atoms with E-state index >= 15 is 0 Å². The lowest BCUT2D eigenvalue weighted by Crippen LogP contribution is -2.38. The van der Waals surface area contributed by atoms with Crippen molar-refractivity contribution in [1.82, 2.24) is 5.32 Å². The van der Waals surface area contributed by atoms with Crippen LogP contribution in [0.2, 0.25) is 5.02 Å². The van der Waals surface area contributed by atoms with Gasteiger partial charge in [0.2, 0.25) is 10.0 Å². The number of rotatable bonds is 6. The molecule has 0 aromatic heterocycles. The fourth-order valence-corrected chi connectivity index (χ4v) is 3.45. The Balaban J connectivity index is 2.09. The molecule has 2 rings (SSSR count). The Morgan fingerprint density at radius 2 is 1.84 bits per heavy atom. The summed E-state index contributed by atoms with van der Waals surface area (Å²) in [5.41, 5.74) is 1.23. The molecule has 0 spiro atoms. The van der Waals surface area contributed by atoms with Gasteiger partial charge in [-0.25, -0.2) is 12.8 Å². The van der Waals surface area contributed by atoms with Gasteiger partial charge in [0, 0.05) is 6.54 Å². The number of halogens is 2. The molecule has 0 saturated carbocycles. The van der Waals surface area contributed by atoms with E-state index in [1.807, 2.05) is 6.92 Å². The van der Waals surface area contributed by atoms with Crippen molar-refractivity contribution < 1.29 is 17.6 Å². The Labute approximate surface area is 151 Å². The maximum atomic E-state index is 13.7. The van der Waals surface area contributed by atoms with Gasteiger partial charge in [0.25, 0.3) is 5.91 Å². The van der Waals surface area contributed by atoms with Gasteiger partial charge in [0.05, 0.1) is 29.1 Å². The first-order valence-corrected chi connectivity index (χ1v) is 9.69. The largest absolute Gasteiger partial charge is 0.350 e. The summed E-state index contributed by atoms with van der Waals surface area (Å²) in [4.78, 5) is 12.1. The van der Waals surface area contributed by atoms with E-state index in [2.05, 4.69) is 5.32 Å². The Bertz CT molecular complexity index is 850.